The fourth-order valence-corrected chi connectivity index (χ4v) is 4.68. The number of piperidine rings is 1. The number of Topliss-reactive ketones (excluding diaryl/α,β-unsaturated/α-hetero) is 1. The van der Waals surface area contributed by atoms with E-state index < -0.39 is 0 Å². The summed E-state index contributed by atoms with van der Waals surface area (Å²) >= 11 is 0. The maximum absolute atomic E-state index is 13.3. The van der Waals surface area contributed by atoms with Crippen LogP contribution in [0, 0.1) is 17.6 Å². The molecule has 0 spiro atoms. The fourth-order valence-electron chi connectivity index (χ4n) is 4.68. The zero-order valence-corrected chi connectivity index (χ0v) is 14.2. The summed E-state index contributed by atoms with van der Waals surface area (Å²) in [6, 6.07) is 13.0. The molecule has 0 aliphatic carbocycles. The van der Waals surface area contributed by atoms with Crippen LogP contribution in [0.4, 0.5) is 8.78 Å². The quantitative estimate of drug-likeness (QED) is 0.771. The van der Waals surface area contributed by atoms with Crippen molar-refractivity contribution in [1.82, 2.24) is 4.90 Å². The van der Waals surface area contributed by atoms with E-state index >= 15 is 0 Å². The van der Waals surface area contributed by atoms with E-state index in [0.29, 0.717) is 11.6 Å². The lowest BCUT2D eigenvalue weighted by molar-refractivity contribution is 0.0643. The van der Waals surface area contributed by atoms with Crippen LogP contribution >= 0.6 is 0 Å². The summed E-state index contributed by atoms with van der Waals surface area (Å²) in [5.41, 5.74) is 1.57. The lowest BCUT2D eigenvalue weighted by Crippen LogP contribution is -2.48. The average Bonchev–Trinajstić information content (AvgIpc) is 2.85. The molecule has 2 aromatic rings. The summed E-state index contributed by atoms with van der Waals surface area (Å²) in [6.45, 7) is 0. The molecule has 0 aromatic heterocycles. The third-order valence-electron chi connectivity index (χ3n) is 6.00. The van der Waals surface area contributed by atoms with E-state index in [1.54, 1.807) is 24.3 Å². The van der Waals surface area contributed by atoms with Gasteiger partial charge in [0.15, 0.2) is 5.78 Å². The molecule has 2 fully saturated rings. The van der Waals surface area contributed by atoms with Gasteiger partial charge in [0, 0.05) is 23.6 Å². The normalized spacial score (nSPS) is 28.9. The van der Waals surface area contributed by atoms with Crippen LogP contribution in [-0.2, 0) is 0 Å². The Morgan fingerprint density at radius 3 is 2.20 bits per heavy atom. The highest BCUT2D eigenvalue weighted by molar-refractivity contribution is 5.99. The molecular formula is C21H21F2NO. The molecule has 0 unspecified atom stereocenters. The maximum atomic E-state index is 13.3. The number of benzene rings is 2. The van der Waals surface area contributed by atoms with Crippen molar-refractivity contribution in [2.75, 3.05) is 7.05 Å². The largest absolute Gasteiger partial charge is 0.300 e. The second kappa shape index (κ2) is 6.34. The van der Waals surface area contributed by atoms with Crippen molar-refractivity contribution >= 4 is 5.78 Å². The minimum absolute atomic E-state index is 0.0616. The Morgan fingerprint density at radius 1 is 0.960 bits per heavy atom. The molecule has 2 heterocycles. The molecule has 2 nitrogen and oxygen atoms in total. The topological polar surface area (TPSA) is 20.3 Å². The molecule has 4 rings (SSSR count). The Balaban J connectivity index is 1.72. The van der Waals surface area contributed by atoms with Crippen LogP contribution < -0.4 is 0 Å². The Kier molecular flexibility index (Phi) is 4.16. The number of carbonyl (C=O) groups excluding carboxylic acids is 1. The number of hydrogen-bond donors (Lipinski definition) is 0. The fraction of sp³-hybridized carbons (Fsp3) is 0.381. The molecular weight excluding hydrogens is 320 g/mol. The van der Waals surface area contributed by atoms with Crippen LogP contribution in [0.15, 0.2) is 48.5 Å². The molecule has 130 valence electrons. The zero-order chi connectivity index (χ0) is 17.6. The van der Waals surface area contributed by atoms with Crippen molar-refractivity contribution in [2.45, 2.75) is 37.3 Å². The number of fused-ring (bicyclic) bond motifs is 2. The summed E-state index contributed by atoms with van der Waals surface area (Å²) in [5.74, 6) is -0.646. The zero-order valence-electron chi connectivity index (χ0n) is 14.2. The van der Waals surface area contributed by atoms with Gasteiger partial charge in [0.2, 0.25) is 0 Å². The van der Waals surface area contributed by atoms with Gasteiger partial charge in [-0.3, -0.25) is 9.69 Å². The van der Waals surface area contributed by atoms with Crippen molar-refractivity contribution in [1.29, 1.82) is 0 Å². The Morgan fingerprint density at radius 2 is 1.56 bits per heavy atom. The van der Waals surface area contributed by atoms with Crippen molar-refractivity contribution < 1.29 is 13.6 Å². The van der Waals surface area contributed by atoms with Crippen LogP contribution in [0.5, 0.6) is 0 Å². The first kappa shape index (κ1) is 16.4. The highest BCUT2D eigenvalue weighted by Gasteiger charge is 2.48. The van der Waals surface area contributed by atoms with E-state index in [4.69, 9.17) is 0 Å². The third-order valence-corrected chi connectivity index (χ3v) is 6.00. The molecule has 2 aromatic carbocycles. The molecule has 0 saturated carbocycles. The molecule has 4 atom stereocenters. The minimum Gasteiger partial charge on any atom is -0.300 e. The number of hydrogen-bond acceptors (Lipinski definition) is 2. The summed E-state index contributed by atoms with van der Waals surface area (Å²) in [6.07, 6.45) is 2.98. The first-order valence-electron chi connectivity index (χ1n) is 8.82. The predicted octanol–water partition coefficient (Wildman–Crippen LogP) is 4.41. The van der Waals surface area contributed by atoms with Crippen LogP contribution in [0.2, 0.25) is 0 Å². The molecule has 2 bridgehead atoms. The van der Waals surface area contributed by atoms with Gasteiger partial charge in [-0.1, -0.05) is 12.1 Å². The van der Waals surface area contributed by atoms with Crippen molar-refractivity contribution in [3.8, 4) is 0 Å². The predicted molar refractivity (Wildman–Crippen MR) is 92.6 cm³/mol. The number of nitrogens with zero attached hydrogens (tertiary/aromatic N) is 1. The summed E-state index contributed by atoms with van der Waals surface area (Å²) in [5, 5.41) is 0. The second-order valence-corrected chi connectivity index (χ2v) is 7.25. The number of rotatable bonds is 3. The van der Waals surface area contributed by atoms with Crippen molar-refractivity contribution in [2.24, 2.45) is 5.92 Å². The number of carbonyl (C=O) groups is 1. The van der Waals surface area contributed by atoms with E-state index in [-0.39, 0.29) is 35.3 Å². The van der Waals surface area contributed by atoms with Crippen LogP contribution in [0.3, 0.4) is 0 Å². The van der Waals surface area contributed by atoms with Gasteiger partial charge in [-0.2, -0.15) is 0 Å². The molecule has 25 heavy (non-hydrogen) atoms. The van der Waals surface area contributed by atoms with Crippen LogP contribution in [0.1, 0.15) is 41.1 Å². The average molecular weight is 341 g/mol. The van der Waals surface area contributed by atoms with Crippen molar-refractivity contribution in [3.63, 3.8) is 0 Å². The van der Waals surface area contributed by atoms with Gasteiger partial charge < -0.3 is 0 Å². The lowest BCUT2D eigenvalue weighted by Gasteiger charge is -2.42. The van der Waals surface area contributed by atoms with Gasteiger partial charge in [0.05, 0.1) is 0 Å². The summed E-state index contributed by atoms with van der Waals surface area (Å²) < 4.78 is 26.6. The van der Waals surface area contributed by atoms with Crippen LogP contribution in [-0.4, -0.2) is 29.8 Å². The minimum atomic E-state index is -0.340. The van der Waals surface area contributed by atoms with Crippen molar-refractivity contribution in [3.05, 3.63) is 71.3 Å². The SMILES string of the molecule is CN1[C@@H]2CC[C@H]1[C@H](C(=O)c1ccc(F)cc1)[C@H](c1ccc(F)cc1)C2. The monoisotopic (exact) mass is 341 g/mol. The summed E-state index contributed by atoms with van der Waals surface area (Å²) in [4.78, 5) is 15.6. The molecule has 0 amide bonds. The smallest absolute Gasteiger partial charge is 0.168 e. The second-order valence-electron chi connectivity index (χ2n) is 7.25. The Bertz CT molecular complexity index is 771. The number of halogens is 2. The standard InChI is InChI=1S/C21H21F2NO/c1-24-17-10-11-19(24)20(21(25)14-4-8-16(23)9-5-14)18(12-17)13-2-6-15(22)7-3-13/h2-9,17-20H,10-12H2,1H3/t17-,18+,19+,20-/m1/s1. The highest BCUT2D eigenvalue weighted by Crippen LogP contribution is 2.47. The van der Waals surface area contributed by atoms with E-state index in [2.05, 4.69) is 11.9 Å². The first-order valence-corrected chi connectivity index (χ1v) is 8.82. The Hall–Kier alpha value is -2.07. The van der Waals surface area contributed by atoms with E-state index in [1.807, 2.05) is 0 Å². The van der Waals surface area contributed by atoms with E-state index in [1.165, 1.54) is 24.3 Å². The highest BCUT2D eigenvalue weighted by atomic mass is 19.1. The van der Waals surface area contributed by atoms with Gasteiger partial charge >= 0.3 is 0 Å². The molecule has 2 aliphatic heterocycles. The van der Waals surface area contributed by atoms with E-state index in [0.717, 1.165) is 24.8 Å². The lowest BCUT2D eigenvalue weighted by atomic mass is 9.73. The summed E-state index contributed by atoms with van der Waals surface area (Å²) in [7, 11) is 2.09. The van der Waals surface area contributed by atoms with Crippen LogP contribution in [0.25, 0.3) is 0 Å². The molecule has 2 aliphatic rings. The van der Waals surface area contributed by atoms with Gasteiger partial charge in [-0.05, 0) is 74.2 Å². The van der Waals surface area contributed by atoms with E-state index in [9.17, 15) is 13.6 Å². The third kappa shape index (κ3) is 2.89. The van der Waals surface area contributed by atoms with Gasteiger partial charge in [0.1, 0.15) is 11.6 Å². The number of ketones is 1. The molecule has 0 N–H and O–H groups in total. The molecule has 4 heteroatoms. The maximum Gasteiger partial charge on any atom is 0.168 e. The van der Waals surface area contributed by atoms with Gasteiger partial charge in [0.25, 0.3) is 0 Å². The van der Waals surface area contributed by atoms with Gasteiger partial charge in [-0.15, -0.1) is 0 Å². The molecule has 2 saturated heterocycles. The molecule has 0 radical (unpaired) electrons. The Labute approximate surface area is 146 Å². The first-order chi connectivity index (χ1) is 12.0. The van der Waals surface area contributed by atoms with Gasteiger partial charge in [-0.25, -0.2) is 8.78 Å².